The summed E-state index contributed by atoms with van der Waals surface area (Å²) in [5.74, 6) is -0.0805. The molecule has 84 valence electrons. The van der Waals surface area contributed by atoms with Crippen molar-refractivity contribution in [3.63, 3.8) is 0 Å². The predicted molar refractivity (Wildman–Crippen MR) is 59.3 cm³/mol. The van der Waals surface area contributed by atoms with Gasteiger partial charge in [0.1, 0.15) is 11.4 Å². The Bertz CT molecular complexity index is 524. The number of aromatic nitrogens is 4. The molecule has 0 spiro atoms. The number of nitrogens with zero attached hydrogens (tertiary/aromatic N) is 4. The third-order valence-corrected chi connectivity index (χ3v) is 2.38. The maximum atomic E-state index is 12.1. The number of carbonyl (C=O) groups excluding carboxylic acids is 1. The van der Waals surface area contributed by atoms with E-state index in [1.807, 2.05) is 13.8 Å². The SMILES string of the molecule is CCn1nc(C)cc1C(=O)c1ccn(C)n1. The van der Waals surface area contributed by atoms with Gasteiger partial charge in [0.15, 0.2) is 0 Å². The lowest BCUT2D eigenvalue weighted by Gasteiger charge is -2.00. The minimum Gasteiger partial charge on any atom is -0.285 e. The van der Waals surface area contributed by atoms with Crippen LogP contribution >= 0.6 is 0 Å². The van der Waals surface area contributed by atoms with E-state index in [4.69, 9.17) is 0 Å². The molecule has 0 atom stereocenters. The molecule has 5 nitrogen and oxygen atoms in total. The molecule has 0 N–H and O–H groups in total. The Morgan fingerprint density at radius 3 is 2.75 bits per heavy atom. The number of carbonyl (C=O) groups is 1. The number of ketones is 1. The van der Waals surface area contributed by atoms with Gasteiger partial charge < -0.3 is 0 Å². The molecular weight excluding hydrogens is 204 g/mol. The second kappa shape index (κ2) is 3.92. The molecule has 16 heavy (non-hydrogen) atoms. The van der Waals surface area contributed by atoms with Gasteiger partial charge in [-0.25, -0.2) is 0 Å². The van der Waals surface area contributed by atoms with E-state index in [9.17, 15) is 4.79 Å². The molecule has 0 saturated heterocycles. The molecule has 5 heteroatoms. The maximum absolute atomic E-state index is 12.1. The van der Waals surface area contributed by atoms with Gasteiger partial charge in [-0.05, 0) is 26.0 Å². The van der Waals surface area contributed by atoms with Gasteiger partial charge >= 0.3 is 0 Å². The molecule has 0 bridgehead atoms. The van der Waals surface area contributed by atoms with Crippen LogP contribution in [0.4, 0.5) is 0 Å². The molecule has 2 aromatic heterocycles. The highest BCUT2D eigenvalue weighted by atomic mass is 16.1. The summed E-state index contributed by atoms with van der Waals surface area (Å²) in [6.45, 7) is 4.52. The average Bonchev–Trinajstić information content (AvgIpc) is 2.83. The molecule has 0 aliphatic carbocycles. The predicted octanol–water partition coefficient (Wildman–Crippen LogP) is 1.18. The first-order chi connectivity index (χ1) is 7.61. The van der Waals surface area contributed by atoms with Crippen molar-refractivity contribution in [1.82, 2.24) is 19.6 Å². The van der Waals surface area contributed by atoms with E-state index in [-0.39, 0.29) is 5.78 Å². The van der Waals surface area contributed by atoms with Gasteiger partial charge in [0, 0.05) is 19.8 Å². The van der Waals surface area contributed by atoms with Crippen LogP contribution in [0.2, 0.25) is 0 Å². The molecule has 0 amide bonds. The van der Waals surface area contributed by atoms with Crippen molar-refractivity contribution in [3.8, 4) is 0 Å². The van der Waals surface area contributed by atoms with Crippen LogP contribution in [-0.4, -0.2) is 25.3 Å². The number of rotatable bonds is 3. The van der Waals surface area contributed by atoms with Crippen molar-refractivity contribution in [1.29, 1.82) is 0 Å². The van der Waals surface area contributed by atoms with Crippen molar-refractivity contribution >= 4 is 5.78 Å². The van der Waals surface area contributed by atoms with Gasteiger partial charge in [0.25, 0.3) is 0 Å². The van der Waals surface area contributed by atoms with Gasteiger partial charge in [-0.1, -0.05) is 0 Å². The Morgan fingerprint density at radius 2 is 2.19 bits per heavy atom. The summed E-state index contributed by atoms with van der Waals surface area (Å²) < 4.78 is 3.32. The Kier molecular flexibility index (Phi) is 2.60. The Morgan fingerprint density at radius 1 is 1.44 bits per heavy atom. The van der Waals surface area contributed by atoms with Crippen molar-refractivity contribution < 1.29 is 4.79 Å². The molecule has 0 unspecified atom stereocenters. The van der Waals surface area contributed by atoms with Gasteiger partial charge in [-0.3, -0.25) is 14.2 Å². The summed E-state index contributed by atoms with van der Waals surface area (Å²) in [7, 11) is 1.79. The molecule has 0 radical (unpaired) electrons. The van der Waals surface area contributed by atoms with Gasteiger partial charge in [0.05, 0.1) is 5.69 Å². The first-order valence-electron chi connectivity index (χ1n) is 5.20. The molecule has 0 fully saturated rings. The third-order valence-electron chi connectivity index (χ3n) is 2.38. The Balaban J connectivity index is 2.40. The molecule has 2 rings (SSSR count). The summed E-state index contributed by atoms with van der Waals surface area (Å²) in [5.41, 5.74) is 1.90. The van der Waals surface area contributed by atoms with Crippen molar-refractivity contribution in [2.75, 3.05) is 0 Å². The van der Waals surface area contributed by atoms with E-state index in [1.165, 1.54) is 0 Å². The molecule has 0 saturated carbocycles. The second-order valence-corrected chi connectivity index (χ2v) is 3.69. The van der Waals surface area contributed by atoms with Gasteiger partial charge in [0.2, 0.25) is 5.78 Å². The van der Waals surface area contributed by atoms with Crippen LogP contribution < -0.4 is 0 Å². The molecule has 0 aromatic carbocycles. The van der Waals surface area contributed by atoms with Gasteiger partial charge in [-0.15, -0.1) is 0 Å². The zero-order valence-corrected chi connectivity index (χ0v) is 9.64. The summed E-state index contributed by atoms with van der Waals surface area (Å²) in [6, 6.07) is 3.51. The summed E-state index contributed by atoms with van der Waals surface area (Å²) >= 11 is 0. The summed E-state index contributed by atoms with van der Waals surface area (Å²) in [5, 5.41) is 8.34. The fourth-order valence-electron chi connectivity index (χ4n) is 1.64. The van der Waals surface area contributed by atoms with Crippen LogP contribution in [0.5, 0.6) is 0 Å². The quantitative estimate of drug-likeness (QED) is 0.727. The number of hydrogen-bond donors (Lipinski definition) is 0. The van der Waals surface area contributed by atoms with E-state index in [0.717, 1.165) is 5.69 Å². The van der Waals surface area contributed by atoms with E-state index in [2.05, 4.69) is 10.2 Å². The van der Waals surface area contributed by atoms with Crippen LogP contribution in [0.3, 0.4) is 0 Å². The highest BCUT2D eigenvalue weighted by Crippen LogP contribution is 2.09. The van der Waals surface area contributed by atoms with E-state index in [0.29, 0.717) is 17.9 Å². The van der Waals surface area contributed by atoms with Crippen molar-refractivity contribution in [2.24, 2.45) is 7.05 Å². The minimum absolute atomic E-state index is 0.0805. The smallest absolute Gasteiger partial charge is 0.231 e. The third kappa shape index (κ3) is 1.76. The first-order valence-corrected chi connectivity index (χ1v) is 5.20. The normalized spacial score (nSPS) is 10.7. The fraction of sp³-hybridized carbons (Fsp3) is 0.364. The minimum atomic E-state index is -0.0805. The first kappa shape index (κ1) is 10.6. The number of hydrogen-bond acceptors (Lipinski definition) is 3. The van der Waals surface area contributed by atoms with Crippen LogP contribution in [-0.2, 0) is 13.6 Å². The van der Waals surface area contributed by atoms with Crippen LogP contribution in [0.25, 0.3) is 0 Å². The Hall–Kier alpha value is -1.91. The average molecular weight is 218 g/mol. The summed E-state index contributed by atoms with van der Waals surface area (Å²) in [4.78, 5) is 12.1. The lowest BCUT2D eigenvalue weighted by molar-refractivity contribution is 0.102. The van der Waals surface area contributed by atoms with E-state index >= 15 is 0 Å². The molecule has 0 aliphatic rings. The second-order valence-electron chi connectivity index (χ2n) is 3.69. The molecule has 0 aliphatic heterocycles. The van der Waals surface area contributed by atoms with Gasteiger partial charge in [-0.2, -0.15) is 10.2 Å². The number of aryl methyl sites for hydroxylation is 3. The standard InChI is InChI=1S/C11H14N4O/c1-4-15-10(7-8(2)12-15)11(16)9-5-6-14(3)13-9/h5-7H,4H2,1-3H3. The fourth-order valence-corrected chi connectivity index (χ4v) is 1.64. The monoisotopic (exact) mass is 218 g/mol. The summed E-state index contributed by atoms with van der Waals surface area (Å²) in [6.07, 6.45) is 1.76. The lowest BCUT2D eigenvalue weighted by atomic mass is 10.2. The van der Waals surface area contributed by atoms with Crippen LogP contribution in [0.1, 0.15) is 28.8 Å². The van der Waals surface area contributed by atoms with E-state index in [1.54, 1.807) is 34.7 Å². The highest BCUT2D eigenvalue weighted by Gasteiger charge is 2.17. The highest BCUT2D eigenvalue weighted by molar-refractivity contribution is 6.06. The molecular formula is C11H14N4O. The van der Waals surface area contributed by atoms with Crippen molar-refractivity contribution in [3.05, 3.63) is 35.4 Å². The molecule has 2 aromatic rings. The molecule has 2 heterocycles. The van der Waals surface area contributed by atoms with Crippen LogP contribution in [0.15, 0.2) is 18.3 Å². The largest absolute Gasteiger partial charge is 0.285 e. The maximum Gasteiger partial charge on any atom is 0.231 e. The lowest BCUT2D eigenvalue weighted by Crippen LogP contribution is -2.11. The zero-order chi connectivity index (χ0) is 11.7. The van der Waals surface area contributed by atoms with Crippen molar-refractivity contribution in [2.45, 2.75) is 20.4 Å². The Labute approximate surface area is 93.7 Å². The van der Waals surface area contributed by atoms with E-state index < -0.39 is 0 Å². The zero-order valence-electron chi connectivity index (χ0n) is 9.64. The topological polar surface area (TPSA) is 52.7 Å². The van der Waals surface area contributed by atoms with Crippen LogP contribution in [0, 0.1) is 6.92 Å².